The van der Waals surface area contributed by atoms with E-state index in [0.717, 1.165) is 0 Å². The predicted molar refractivity (Wildman–Crippen MR) is 61.6 cm³/mol. The van der Waals surface area contributed by atoms with Gasteiger partial charge in [-0.1, -0.05) is 0 Å². The van der Waals surface area contributed by atoms with Gasteiger partial charge >= 0.3 is 0 Å². The topological polar surface area (TPSA) is 58.4 Å². The molecule has 0 fully saturated rings. The lowest BCUT2D eigenvalue weighted by atomic mass is 10.2. The monoisotopic (exact) mass is 225 g/mol. The number of nitrogens with zero attached hydrogens (tertiary/aromatic N) is 1. The van der Waals surface area contributed by atoms with E-state index >= 15 is 0 Å². The lowest BCUT2D eigenvalue weighted by Gasteiger charge is -2.19. The number of rotatable bonds is 4. The van der Waals surface area contributed by atoms with Crippen molar-refractivity contribution in [3.05, 3.63) is 29.6 Å². The molecule has 0 aliphatic carbocycles. The van der Waals surface area contributed by atoms with Crippen molar-refractivity contribution in [2.75, 3.05) is 25.5 Å². The first-order valence-corrected chi connectivity index (χ1v) is 4.98. The van der Waals surface area contributed by atoms with E-state index in [2.05, 4.69) is 5.32 Å². The summed E-state index contributed by atoms with van der Waals surface area (Å²) in [6, 6.07) is 4.53. The fraction of sp³-hybridized carbons (Fsp3) is 0.364. The third-order valence-electron chi connectivity index (χ3n) is 2.28. The van der Waals surface area contributed by atoms with Gasteiger partial charge in [-0.2, -0.15) is 0 Å². The van der Waals surface area contributed by atoms with E-state index in [1.165, 1.54) is 12.1 Å². The van der Waals surface area contributed by atoms with Crippen molar-refractivity contribution in [1.82, 2.24) is 5.32 Å². The van der Waals surface area contributed by atoms with Crippen molar-refractivity contribution in [3.8, 4) is 0 Å². The molecule has 16 heavy (non-hydrogen) atoms. The van der Waals surface area contributed by atoms with Crippen LogP contribution in [0.2, 0.25) is 0 Å². The fourth-order valence-corrected chi connectivity index (χ4v) is 1.36. The van der Waals surface area contributed by atoms with Crippen molar-refractivity contribution in [1.29, 1.82) is 0 Å². The van der Waals surface area contributed by atoms with Crippen LogP contribution in [0.25, 0.3) is 0 Å². The Morgan fingerprint density at radius 2 is 2.19 bits per heavy atom. The first kappa shape index (κ1) is 12.4. The number of hydrogen-bond donors (Lipinski definition) is 2. The maximum atomic E-state index is 13.2. The highest BCUT2D eigenvalue weighted by Gasteiger charge is 2.08. The number of carbonyl (C=O) groups is 1. The third-order valence-corrected chi connectivity index (χ3v) is 2.28. The Labute approximate surface area is 94.2 Å². The molecule has 1 aromatic carbocycles. The molecule has 0 heterocycles. The summed E-state index contributed by atoms with van der Waals surface area (Å²) in [5, 5.41) is 2.51. The number of benzene rings is 1. The molecule has 1 amide bonds. The quantitative estimate of drug-likeness (QED) is 0.783. The lowest BCUT2D eigenvalue weighted by Crippen LogP contribution is -2.33. The van der Waals surface area contributed by atoms with Crippen LogP contribution in [-0.4, -0.2) is 26.5 Å². The van der Waals surface area contributed by atoms with Crippen molar-refractivity contribution in [2.45, 2.75) is 6.54 Å². The maximum Gasteiger partial charge on any atom is 0.239 e. The van der Waals surface area contributed by atoms with E-state index in [9.17, 15) is 9.18 Å². The molecule has 1 aromatic rings. The summed E-state index contributed by atoms with van der Waals surface area (Å²) in [5.74, 6) is -0.470. The van der Waals surface area contributed by atoms with Gasteiger partial charge in [-0.05, 0) is 23.8 Å². The zero-order valence-corrected chi connectivity index (χ0v) is 9.46. The number of likely N-dealkylation sites (N-methyl/N-ethyl adjacent to an activating group) is 2. The minimum absolute atomic E-state index is 0.124. The van der Waals surface area contributed by atoms with Gasteiger partial charge in [-0.3, -0.25) is 4.79 Å². The third kappa shape index (κ3) is 3.20. The summed E-state index contributed by atoms with van der Waals surface area (Å²) in [6.45, 7) is 0.461. The Morgan fingerprint density at radius 3 is 2.75 bits per heavy atom. The number of hydrogen-bond acceptors (Lipinski definition) is 3. The Bertz CT molecular complexity index is 381. The summed E-state index contributed by atoms with van der Waals surface area (Å²) in [4.78, 5) is 12.8. The van der Waals surface area contributed by atoms with Crippen LogP contribution in [0.3, 0.4) is 0 Å². The van der Waals surface area contributed by atoms with Gasteiger partial charge in [-0.25, -0.2) is 4.39 Å². The molecule has 0 spiro atoms. The van der Waals surface area contributed by atoms with Crippen molar-refractivity contribution < 1.29 is 9.18 Å². The Morgan fingerprint density at radius 1 is 1.50 bits per heavy atom. The highest BCUT2D eigenvalue weighted by molar-refractivity contribution is 5.80. The second kappa shape index (κ2) is 5.46. The minimum Gasteiger partial charge on any atom is -0.365 e. The smallest absolute Gasteiger partial charge is 0.239 e. The molecule has 0 bridgehead atoms. The Hall–Kier alpha value is -1.62. The zero-order chi connectivity index (χ0) is 12.1. The van der Waals surface area contributed by atoms with Crippen LogP contribution in [0, 0.1) is 5.82 Å². The average Bonchev–Trinajstić information content (AvgIpc) is 2.27. The molecule has 0 unspecified atom stereocenters. The number of nitrogens with two attached hydrogens (primary N) is 1. The molecule has 3 N–H and O–H groups in total. The molecule has 5 heteroatoms. The molecule has 0 saturated carbocycles. The highest BCUT2D eigenvalue weighted by atomic mass is 19.1. The summed E-state index contributed by atoms with van der Waals surface area (Å²) >= 11 is 0. The van der Waals surface area contributed by atoms with Crippen LogP contribution in [0.4, 0.5) is 10.1 Å². The molecule has 4 nitrogen and oxygen atoms in total. The number of halogens is 1. The zero-order valence-electron chi connectivity index (χ0n) is 9.46. The Balaban J connectivity index is 2.86. The predicted octanol–water partition coefficient (Wildman–Crippen LogP) is 0.467. The van der Waals surface area contributed by atoms with Crippen LogP contribution in [0.15, 0.2) is 18.2 Å². The van der Waals surface area contributed by atoms with E-state index in [-0.39, 0.29) is 24.8 Å². The van der Waals surface area contributed by atoms with Gasteiger partial charge in [0.1, 0.15) is 5.82 Å². The van der Waals surface area contributed by atoms with Gasteiger partial charge in [0, 0.05) is 26.3 Å². The number of carbonyl (C=O) groups excluding carboxylic acids is 1. The molecule has 1 rings (SSSR count). The molecule has 0 aliphatic rings. The van der Waals surface area contributed by atoms with Gasteiger partial charge in [0.15, 0.2) is 0 Å². The van der Waals surface area contributed by atoms with E-state index in [1.54, 1.807) is 25.1 Å². The van der Waals surface area contributed by atoms with Crippen molar-refractivity contribution >= 4 is 11.6 Å². The molecule has 88 valence electrons. The lowest BCUT2D eigenvalue weighted by molar-refractivity contribution is -0.119. The first-order valence-electron chi connectivity index (χ1n) is 4.98. The van der Waals surface area contributed by atoms with Crippen LogP contribution < -0.4 is 16.0 Å². The summed E-state index contributed by atoms with van der Waals surface area (Å²) in [5.41, 5.74) is 6.80. The summed E-state index contributed by atoms with van der Waals surface area (Å²) in [7, 11) is 3.29. The maximum absolute atomic E-state index is 13.2. The largest absolute Gasteiger partial charge is 0.365 e. The summed E-state index contributed by atoms with van der Waals surface area (Å²) in [6.07, 6.45) is 0. The fourth-order valence-electron chi connectivity index (χ4n) is 1.36. The average molecular weight is 225 g/mol. The van der Waals surface area contributed by atoms with Gasteiger partial charge in [0.05, 0.1) is 6.54 Å². The molecule has 0 atom stereocenters. The number of nitrogens with one attached hydrogen (secondary N) is 1. The number of amides is 1. The van der Waals surface area contributed by atoms with Crippen LogP contribution >= 0.6 is 0 Å². The standard InChI is InChI=1S/C11H16FN3O/c1-14-11(16)7-15(2)10-4-8(6-13)3-9(12)5-10/h3-5H,6-7,13H2,1-2H3,(H,14,16). The molecule has 0 aliphatic heterocycles. The van der Waals surface area contributed by atoms with E-state index in [0.29, 0.717) is 11.3 Å². The SMILES string of the molecule is CNC(=O)CN(C)c1cc(F)cc(CN)c1. The van der Waals surface area contributed by atoms with E-state index in [4.69, 9.17) is 5.73 Å². The molecular weight excluding hydrogens is 209 g/mol. The van der Waals surface area contributed by atoms with Crippen LogP contribution in [0.5, 0.6) is 0 Å². The van der Waals surface area contributed by atoms with Gasteiger partial charge in [-0.15, -0.1) is 0 Å². The van der Waals surface area contributed by atoms with Crippen LogP contribution in [-0.2, 0) is 11.3 Å². The van der Waals surface area contributed by atoms with Gasteiger partial charge in [0.2, 0.25) is 5.91 Å². The summed E-state index contributed by atoms with van der Waals surface area (Å²) < 4.78 is 13.2. The molecule has 0 radical (unpaired) electrons. The normalized spacial score (nSPS) is 10.0. The van der Waals surface area contributed by atoms with Crippen molar-refractivity contribution in [2.24, 2.45) is 5.73 Å². The Kier molecular flexibility index (Phi) is 4.25. The highest BCUT2D eigenvalue weighted by Crippen LogP contribution is 2.17. The van der Waals surface area contributed by atoms with Crippen LogP contribution in [0.1, 0.15) is 5.56 Å². The number of anilines is 1. The molecule has 0 aromatic heterocycles. The minimum atomic E-state index is -0.346. The van der Waals surface area contributed by atoms with Crippen molar-refractivity contribution in [3.63, 3.8) is 0 Å². The second-order valence-corrected chi connectivity index (χ2v) is 3.55. The van der Waals surface area contributed by atoms with Gasteiger partial charge in [0.25, 0.3) is 0 Å². The van der Waals surface area contributed by atoms with Gasteiger partial charge < -0.3 is 16.0 Å². The van der Waals surface area contributed by atoms with E-state index in [1.807, 2.05) is 0 Å². The van der Waals surface area contributed by atoms with E-state index < -0.39 is 0 Å². The molecule has 0 saturated heterocycles. The first-order chi connectivity index (χ1) is 7.56. The molecular formula is C11H16FN3O. The second-order valence-electron chi connectivity index (χ2n) is 3.55.